The van der Waals surface area contributed by atoms with E-state index in [-0.39, 0.29) is 30.1 Å². The number of nitrogens with zero attached hydrogens (tertiary/aromatic N) is 1. The van der Waals surface area contributed by atoms with Gasteiger partial charge in [0, 0.05) is 24.4 Å². The van der Waals surface area contributed by atoms with Gasteiger partial charge in [0.2, 0.25) is 10.0 Å². The lowest BCUT2D eigenvalue weighted by atomic mass is 10.1. The van der Waals surface area contributed by atoms with Crippen LogP contribution >= 0.6 is 0 Å². The van der Waals surface area contributed by atoms with Gasteiger partial charge >= 0.3 is 6.18 Å². The summed E-state index contributed by atoms with van der Waals surface area (Å²) in [6.45, 7) is -0.478. The van der Waals surface area contributed by atoms with Crippen LogP contribution < -0.4 is 5.73 Å². The van der Waals surface area contributed by atoms with Crippen molar-refractivity contribution in [1.29, 1.82) is 0 Å². The molecule has 20 heavy (non-hydrogen) atoms. The van der Waals surface area contributed by atoms with Crippen molar-refractivity contribution in [3.8, 4) is 0 Å². The molecule has 0 atom stereocenters. The van der Waals surface area contributed by atoms with Crippen LogP contribution in [0.4, 0.5) is 18.9 Å². The second-order valence-electron chi connectivity index (χ2n) is 4.41. The highest BCUT2D eigenvalue weighted by Crippen LogP contribution is 2.31. The van der Waals surface area contributed by atoms with Crippen LogP contribution in [0.25, 0.3) is 0 Å². The molecule has 2 N–H and O–H groups in total. The molecule has 1 aromatic carbocycles. The Bertz CT molecular complexity index is 638. The van der Waals surface area contributed by atoms with Crippen LogP contribution in [0.15, 0.2) is 40.8 Å². The van der Waals surface area contributed by atoms with Gasteiger partial charge in [-0.1, -0.05) is 12.1 Å². The van der Waals surface area contributed by atoms with Crippen molar-refractivity contribution in [1.82, 2.24) is 4.31 Å². The summed E-state index contributed by atoms with van der Waals surface area (Å²) < 4.78 is 63.0. The molecule has 0 saturated carbocycles. The molecule has 0 bridgehead atoms. The quantitative estimate of drug-likeness (QED) is 0.672. The predicted octanol–water partition coefficient (Wildman–Crippen LogP) is 2.15. The average Bonchev–Trinajstić information content (AvgIpc) is 2.38. The molecule has 4 nitrogen and oxygen atoms in total. The summed E-state index contributed by atoms with van der Waals surface area (Å²) in [7, 11) is -3.81. The summed E-state index contributed by atoms with van der Waals surface area (Å²) >= 11 is 0. The van der Waals surface area contributed by atoms with E-state index in [4.69, 9.17) is 5.73 Å². The third-order valence-electron chi connectivity index (χ3n) is 3.03. The van der Waals surface area contributed by atoms with E-state index in [0.717, 1.165) is 10.4 Å². The summed E-state index contributed by atoms with van der Waals surface area (Å²) in [6.07, 6.45) is -3.83. The van der Waals surface area contributed by atoms with E-state index in [1.54, 1.807) is 0 Å². The largest absolute Gasteiger partial charge is 0.412 e. The molecular formula is C12H13F3N2O2S. The maximum Gasteiger partial charge on any atom is 0.412 e. The van der Waals surface area contributed by atoms with E-state index in [0.29, 0.717) is 0 Å². The molecule has 0 aliphatic carbocycles. The van der Waals surface area contributed by atoms with Crippen LogP contribution in [0.5, 0.6) is 0 Å². The van der Waals surface area contributed by atoms with Crippen LogP contribution in [0, 0.1) is 0 Å². The standard InChI is InChI=1S/C12H13F3N2O2S/c13-12(14,15)9-4-6-17(7-5-9)20(18,19)11-3-1-2-10(16)8-11/h1-4,8H,5-7,16H2. The van der Waals surface area contributed by atoms with E-state index >= 15 is 0 Å². The van der Waals surface area contributed by atoms with Crippen LogP contribution in [0.1, 0.15) is 6.42 Å². The number of alkyl halides is 3. The predicted molar refractivity (Wildman–Crippen MR) is 68.4 cm³/mol. The first kappa shape index (κ1) is 14.9. The molecule has 0 amide bonds. The summed E-state index contributed by atoms with van der Waals surface area (Å²) in [5.74, 6) is 0. The van der Waals surface area contributed by atoms with E-state index in [1.807, 2.05) is 0 Å². The van der Waals surface area contributed by atoms with Gasteiger partial charge in [-0.05, 0) is 24.6 Å². The van der Waals surface area contributed by atoms with E-state index in [9.17, 15) is 21.6 Å². The SMILES string of the molecule is Nc1cccc(S(=O)(=O)N2CC=C(C(F)(F)F)CC2)c1. The second kappa shape index (κ2) is 5.10. The van der Waals surface area contributed by atoms with Crippen molar-refractivity contribution in [2.45, 2.75) is 17.5 Å². The molecular weight excluding hydrogens is 293 g/mol. The fourth-order valence-corrected chi connectivity index (χ4v) is 3.39. The lowest BCUT2D eigenvalue weighted by Crippen LogP contribution is -2.36. The van der Waals surface area contributed by atoms with Crippen LogP contribution in [0.2, 0.25) is 0 Å². The number of rotatable bonds is 2. The number of halogens is 3. The van der Waals surface area contributed by atoms with E-state index in [2.05, 4.69) is 0 Å². The molecule has 1 aromatic rings. The zero-order valence-electron chi connectivity index (χ0n) is 10.4. The molecule has 0 saturated heterocycles. The van der Waals surface area contributed by atoms with Crippen molar-refractivity contribution in [3.05, 3.63) is 35.9 Å². The highest BCUT2D eigenvalue weighted by Gasteiger charge is 2.37. The Morgan fingerprint density at radius 2 is 1.95 bits per heavy atom. The molecule has 1 aliphatic rings. The Morgan fingerprint density at radius 3 is 2.45 bits per heavy atom. The van der Waals surface area contributed by atoms with Gasteiger partial charge in [0.1, 0.15) is 0 Å². The molecule has 1 heterocycles. The molecule has 2 rings (SSSR count). The Balaban J connectivity index is 2.24. The zero-order valence-corrected chi connectivity index (χ0v) is 11.2. The van der Waals surface area contributed by atoms with E-state index < -0.39 is 21.8 Å². The minimum atomic E-state index is -4.40. The zero-order chi connectivity index (χ0) is 15.0. The Kier molecular flexibility index (Phi) is 3.79. The van der Waals surface area contributed by atoms with Crippen LogP contribution in [-0.2, 0) is 10.0 Å². The van der Waals surface area contributed by atoms with Gasteiger partial charge in [-0.2, -0.15) is 17.5 Å². The molecule has 0 aromatic heterocycles. The summed E-state index contributed by atoms with van der Waals surface area (Å²) in [4.78, 5) is -0.0126. The topological polar surface area (TPSA) is 63.4 Å². The highest BCUT2D eigenvalue weighted by atomic mass is 32.2. The van der Waals surface area contributed by atoms with Crippen LogP contribution in [-0.4, -0.2) is 32.0 Å². The Hall–Kier alpha value is -1.54. The van der Waals surface area contributed by atoms with Gasteiger partial charge in [-0.15, -0.1) is 0 Å². The molecule has 0 fully saturated rings. The van der Waals surface area contributed by atoms with Gasteiger partial charge < -0.3 is 5.73 Å². The smallest absolute Gasteiger partial charge is 0.399 e. The number of anilines is 1. The minimum Gasteiger partial charge on any atom is -0.399 e. The van der Waals surface area contributed by atoms with Crippen molar-refractivity contribution < 1.29 is 21.6 Å². The molecule has 110 valence electrons. The monoisotopic (exact) mass is 306 g/mol. The lowest BCUT2D eigenvalue weighted by molar-refractivity contribution is -0.0953. The molecule has 8 heteroatoms. The van der Waals surface area contributed by atoms with Crippen molar-refractivity contribution in [3.63, 3.8) is 0 Å². The van der Waals surface area contributed by atoms with Crippen molar-refractivity contribution in [2.24, 2.45) is 0 Å². The van der Waals surface area contributed by atoms with Gasteiger partial charge in [-0.3, -0.25) is 0 Å². The number of hydrogen-bond donors (Lipinski definition) is 1. The lowest BCUT2D eigenvalue weighted by Gasteiger charge is -2.26. The maximum atomic E-state index is 12.5. The number of benzene rings is 1. The normalized spacial score (nSPS) is 17.9. The van der Waals surface area contributed by atoms with Gasteiger partial charge in [0.15, 0.2) is 0 Å². The summed E-state index contributed by atoms with van der Waals surface area (Å²) in [6, 6.07) is 5.69. The fourth-order valence-electron chi connectivity index (χ4n) is 1.95. The number of nitrogen functional groups attached to an aromatic ring is 1. The molecule has 0 spiro atoms. The van der Waals surface area contributed by atoms with Gasteiger partial charge in [0.25, 0.3) is 0 Å². The first-order valence-corrected chi connectivity index (χ1v) is 7.27. The fraction of sp³-hybridized carbons (Fsp3) is 0.333. The van der Waals surface area contributed by atoms with Gasteiger partial charge in [0.05, 0.1) is 4.90 Å². The number of hydrogen-bond acceptors (Lipinski definition) is 3. The highest BCUT2D eigenvalue weighted by molar-refractivity contribution is 7.89. The maximum absolute atomic E-state index is 12.5. The first-order valence-electron chi connectivity index (χ1n) is 5.83. The summed E-state index contributed by atoms with van der Waals surface area (Å²) in [5.41, 5.74) is 5.12. The number of nitrogens with two attached hydrogens (primary N) is 1. The van der Waals surface area contributed by atoms with Crippen molar-refractivity contribution in [2.75, 3.05) is 18.8 Å². The van der Waals surface area contributed by atoms with Crippen LogP contribution in [0.3, 0.4) is 0 Å². The first-order chi connectivity index (χ1) is 9.21. The number of sulfonamides is 1. The van der Waals surface area contributed by atoms with Crippen molar-refractivity contribution >= 4 is 15.7 Å². The molecule has 0 radical (unpaired) electrons. The Labute approximate surface area is 114 Å². The third kappa shape index (κ3) is 2.96. The molecule has 1 aliphatic heterocycles. The third-order valence-corrected chi connectivity index (χ3v) is 4.89. The molecule has 0 unspecified atom stereocenters. The second-order valence-corrected chi connectivity index (χ2v) is 6.35. The van der Waals surface area contributed by atoms with Gasteiger partial charge in [-0.25, -0.2) is 8.42 Å². The Morgan fingerprint density at radius 1 is 1.25 bits per heavy atom. The average molecular weight is 306 g/mol. The summed E-state index contributed by atoms with van der Waals surface area (Å²) in [5, 5.41) is 0. The van der Waals surface area contributed by atoms with E-state index in [1.165, 1.54) is 24.3 Å². The minimum absolute atomic E-state index is 0.0126.